The zero-order valence-corrected chi connectivity index (χ0v) is 11.5. The standard InChI is InChI=1S/C17H18FNO/c1-12-8-14(18)10-15(9-12)19-17(11-20)7-6-13-4-2-3-5-16(13)17/h2-5,8-10,19-20H,6-7,11H2,1H3. The maximum atomic E-state index is 13.5. The summed E-state index contributed by atoms with van der Waals surface area (Å²) in [7, 11) is 0. The largest absolute Gasteiger partial charge is 0.394 e. The number of hydrogen-bond donors (Lipinski definition) is 2. The highest BCUT2D eigenvalue weighted by Crippen LogP contribution is 2.39. The van der Waals surface area contributed by atoms with Crippen molar-refractivity contribution >= 4 is 5.69 Å². The van der Waals surface area contributed by atoms with Crippen LogP contribution in [0.4, 0.5) is 10.1 Å². The molecule has 0 radical (unpaired) electrons. The third-order valence-corrected chi connectivity index (χ3v) is 4.05. The Bertz CT molecular complexity index is 620. The van der Waals surface area contributed by atoms with Crippen molar-refractivity contribution in [3.05, 3.63) is 65.0 Å². The Hall–Kier alpha value is -1.87. The first kappa shape index (κ1) is 13.1. The van der Waals surface area contributed by atoms with Crippen molar-refractivity contribution in [1.29, 1.82) is 0 Å². The fraction of sp³-hybridized carbons (Fsp3) is 0.294. The molecule has 1 unspecified atom stereocenters. The third kappa shape index (κ3) is 2.18. The van der Waals surface area contributed by atoms with Crippen LogP contribution in [0.2, 0.25) is 0 Å². The fourth-order valence-electron chi connectivity index (χ4n) is 3.11. The second-order valence-electron chi connectivity index (χ2n) is 5.54. The van der Waals surface area contributed by atoms with Crippen molar-refractivity contribution in [3.8, 4) is 0 Å². The normalized spacial score (nSPS) is 20.8. The molecule has 104 valence electrons. The van der Waals surface area contributed by atoms with Gasteiger partial charge in [0, 0.05) is 5.69 Å². The highest BCUT2D eigenvalue weighted by molar-refractivity contribution is 5.53. The first-order valence-corrected chi connectivity index (χ1v) is 6.88. The van der Waals surface area contributed by atoms with Crippen molar-refractivity contribution in [2.24, 2.45) is 0 Å². The Morgan fingerprint density at radius 1 is 1.25 bits per heavy atom. The van der Waals surface area contributed by atoms with Gasteiger partial charge in [0.05, 0.1) is 12.1 Å². The molecule has 2 aromatic rings. The summed E-state index contributed by atoms with van der Waals surface area (Å²) in [5, 5.41) is 13.3. The number of aliphatic hydroxyl groups is 1. The zero-order chi connectivity index (χ0) is 14.2. The summed E-state index contributed by atoms with van der Waals surface area (Å²) in [6.45, 7) is 1.86. The molecular weight excluding hydrogens is 253 g/mol. The van der Waals surface area contributed by atoms with Crippen molar-refractivity contribution in [1.82, 2.24) is 0 Å². The van der Waals surface area contributed by atoms with Gasteiger partial charge in [0.2, 0.25) is 0 Å². The monoisotopic (exact) mass is 271 g/mol. The molecule has 0 saturated heterocycles. The molecule has 1 aliphatic carbocycles. The van der Waals surface area contributed by atoms with E-state index in [4.69, 9.17) is 0 Å². The molecule has 0 heterocycles. The lowest BCUT2D eigenvalue weighted by Gasteiger charge is -2.31. The number of aliphatic hydroxyl groups excluding tert-OH is 1. The zero-order valence-electron chi connectivity index (χ0n) is 11.5. The molecule has 2 N–H and O–H groups in total. The second-order valence-corrected chi connectivity index (χ2v) is 5.54. The Labute approximate surface area is 118 Å². The molecule has 0 amide bonds. The molecule has 0 fully saturated rings. The molecule has 0 saturated carbocycles. The van der Waals surface area contributed by atoms with E-state index in [0.29, 0.717) is 5.69 Å². The number of benzene rings is 2. The van der Waals surface area contributed by atoms with Gasteiger partial charge in [-0.2, -0.15) is 0 Å². The van der Waals surface area contributed by atoms with Crippen molar-refractivity contribution in [2.75, 3.05) is 11.9 Å². The SMILES string of the molecule is Cc1cc(F)cc(NC2(CO)CCc3ccccc32)c1. The Balaban J connectivity index is 1.99. The van der Waals surface area contributed by atoms with Gasteiger partial charge < -0.3 is 10.4 Å². The van der Waals surface area contributed by atoms with Crippen LogP contribution in [0.3, 0.4) is 0 Å². The summed E-state index contributed by atoms with van der Waals surface area (Å²) < 4.78 is 13.5. The van der Waals surface area contributed by atoms with Gasteiger partial charge in [-0.05, 0) is 54.7 Å². The Morgan fingerprint density at radius 2 is 2.05 bits per heavy atom. The van der Waals surface area contributed by atoms with Crippen LogP contribution in [0.15, 0.2) is 42.5 Å². The average molecular weight is 271 g/mol. The minimum absolute atomic E-state index is 0.000422. The van der Waals surface area contributed by atoms with Crippen LogP contribution in [-0.2, 0) is 12.0 Å². The van der Waals surface area contributed by atoms with Crippen molar-refractivity contribution in [3.63, 3.8) is 0 Å². The number of hydrogen-bond acceptors (Lipinski definition) is 2. The molecule has 0 aromatic heterocycles. The fourth-order valence-corrected chi connectivity index (χ4v) is 3.11. The lowest BCUT2D eigenvalue weighted by atomic mass is 9.92. The van der Waals surface area contributed by atoms with Gasteiger partial charge in [0.25, 0.3) is 0 Å². The molecule has 3 heteroatoms. The summed E-state index contributed by atoms with van der Waals surface area (Å²) in [4.78, 5) is 0. The summed E-state index contributed by atoms with van der Waals surface area (Å²) in [6, 6.07) is 13.0. The van der Waals surface area contributed by atoms with Crippen LogP contribution in [0.25, 0.3) is 0 Å². The van der Waals surface area contributed by atoms with E-state index in [9.17, 15) is 9.50 Å². The molecular formula is C17H18FNO. The highest BCUT2D eigenvalue weighted by atomic mass is 19.1. The summed E-state index contributed by atoms with van der Waals surface area (Å²) in [6.07, 6.45) is 1.75. The molecule has 0 aliphatic heterocycles. The van der Waals surface area contributed by atoms with Gasteiger partial charge in [-0.3, -0.25) is 0 Å². The predicted octanol–water partition coefficient (Wildman–Crippen LogP) is 3.38. The summed E-state index contributed by atoms with van der Waals surface area (Å²) in [5.74, 6) is -0.258. The van der Waals surface area contributed by atoms with Crippen molar-refractivity contribution in [2.45, 2.75) is 25.3 Å². The summed E-state index contributed by atoms with van der Waals surface area (Å²) >= 11 is 0. The number of anilines is 1. The molecule has 3 rings (SSSR count). The van der Waals surface area contributed by atoms with Crippen LogP contribution >= 0.6 is 0 Å². The lowest BCUT2D eigenvalue weighted by Crippen LogP contribution is -2.36. The maximum absolute atomic E-state index is 13.5. The first-order valence-electron chi connectivity index (χ1n) is 6.88. The van der Waals surface area contributed by atoms with E-state index in [1.807, 2.05) is 31.2 Å². The molecule has 20 heavy (non-hydrogen) atoms. The minimum atomic E-state index is -0.503. The lowest BCUT2D eigenvalue weighted by molar-refractivity contribution is 0.211. The smallest absolute Gasteiger partial charge is 0.125 e. The van der Waals surface area contributed by atoms with Crippen LogP contribution in [0.1, 0.15) is 23.1 Å². The van der Waals surface area contributed by atoms with E-state index in [1.54, 1.807) is 0 Å². The molecule has 1 aliphatic rings. The molecule has 0 bridgehead atoms. The molecule has 2 aromatic carbocycles. The topological polar surface area (TPSA) is 32.3 Å². The van der Waals surface area contributed by atoms with E-state index in [2.05, 4.69) is 11.4 Å². The van der Waals surface area contributed by atoms with E-state index >= 15 is 0 Å². The first-order chi connectivity index (χ1) is 9.63. The predicted molar refractivity (Wildman–Crippen MR) is 78.3 cm³/mol. The van der Waals surface area contributed by atoms with Gasteiger partial charge in [0.1, 0.15) is 5.82 Å². The van der Waals surface area contributed by atoms with Gasteiger partial charge >= 0.3 is 0 Å². The van der Waals surface area contributed by atoms with E-state index in [0.717, 1.165) is 24.0 Å². The second kappa shape index (κ2) is 4.91. The van der Waals surface area contributed by atoms with E-state index in [-0.39, 0.29) is 12.4 Å². The molecule has 0 spiro atoms. The van der Waals surface area contributed by atoms with Crippen LogP contribution < -0.4 is 5.32 Å². The van der Waals surface area contributed by atoms with Crippen LogP contribution in [-0.4, -0.2) is 11.7 Å². The number of rotatable bonds is 3. The van der Waals surface area contributed by atoms with Gasteiger partial charge in [-0.25, -0.2) is 4.39 Å². The number of fused-ring (bicyclic) bond motifs is 1. The van der Waals surface area contributed by atoms with Gasteiger partial charge in [-0.15, -0.1) is 0 Å². The third-order valence-electron chi connectivity index (χ3n) is 4.05. The van der Waals surface area contributed by atoms with Crippen LogP contribution in [0.5, 0.6) is 0 Å². The Kier molecular flexibility index (Phi) is 3.22. The van der Waals surface area contributed by atoms with E-state index < -0.39 is 5.54 Å². The maximum Gasteiger partial charge on any atom is 0.125 e. The minimum Gasteiger partial charge on any atom is -0.394 e. The van der Waals surface area contributed by atoms with Gasteiger partial charge in [-0.1, -0.05) is 24.3 Å². The number of nitrogens with one attached hydrogen (secondary N) is 1. The average Bonchev–Trinajstić information content (AvgIpc) is 2.78. The summed E-state index contributed by atoms with van der Waals surface area (Å²) in [5.41, 5.74) is 3.45. The molecule has 2 nitrogen and oxygen atoms in total. The number of aryl methyl sites for hydroxylation is 2. The van der Waals surface area contributed by atoms with E-state index in [1.165, 1.54) is 17.7 Å². The van der Waals surface area contributed by atoms with Crippen LogP contribution in [0, 0.1) is 12.7 Å². The quantitative estimate of drug-likeness (QED) is 0.897. The highest BCUT2D eigenvalue weighted by Gasteiger charge is 2.38. The van der Waals surface area contributed by atoms with Gasteiger partial charge in [0.15, 0.2) is 0 Å². The number of halogens is 1. The van der Waals surface area contributed by atoms with Crippen molar-refractivity contribution < 1.29 is 9.50 Å². The Morgan fingerprint density at radius 3 is 2.80 bits per heavy atom. The molecule has 1 atom stereocenters.